The maximum atomic E-state index is 6.45. The molecule has 0 amide bonds. The number of ether oxygens (including phenoxy) is 1. The Bertz CT molecular complexity index is 510. The van der Waals surface area contributed by atoms with Crippen LogP contribution in [0, 0.1) is 0 Å². The van der Waals surface area contributed by atoms with Crippen molar-refractivity contribution in [3.63, 3.8) is 0 Å². The summed E-state index contributed by atoms with van der Waals surface area (Å²) in [5, 5.41) is 0.162. The standard InChI is InChI=1S/C18H21ClO/c1-20-18-13-6-5-11-16(18)14-17(19)12-7-10-15-8-3-2-4-9-15/h2-6,8-9,11,13,17H,7,10,12,14H2,1H3. The maximum absolute atomic E-state index is 6.45. The smallest absolute Gasteiger partial charge is 0.122 e. The number of benzene rings is 2. The lowest BCUT2D eigenvalue weighted by Gasteiger charge is -2.12. The van der Waals surface area contributed by atoms with Gasteiger partial charge in [-0.05, 0) is 42.9 Å². The van der Waals surface area contributed by atoms with E-state index < -0.39 is 0 Å². The third kappa shape index (κ3) is 4.57. The first-order valence-electron chi connectivity index (χ1n) is 7.09. The monoisotopic (exact) mass is 288 g/mol. The Kier molecular flexibility index (Phi) is 5.94. The molecule has 2 aromatic carbocycles. The Morgan fingerprint density at radius 3 is 2.45 bits per heavy atom. The van der Waals surface area contributed by atoms with Gasteiger partial charge < -0.3 is 4.74 Å². The summed E-state index contributed by atoms with van der Waals surface area (Å²) in [5.74, 6) is 0.932. The molecular weight excluding hydrogens is 268 g/mol. The Balaban J connectivity index is 1.79. The molecule has 2 heteroatoms. The largest absolute Gasteiger partial charge is 0.496 e. The van der Waals surface area contributed by atoms with Gasteiger partial charge in [-0.25, -0.2) is 0 Å². The molecule has 0 saturated heterocycles. The van der Waals surface area contributed by atoms with E-state index >= 15 is 0 Å². The molecule has 0 bridgehead atoms. The molecule has 0 heterocycles. The van der Waals surface area contributed by atoms with Crippen LogP contribution in [0.5, 0.6) is 5.75 Å². The minimum absolute atomic E-state index is 0.162. The van der Waals surface area contributed by atoms with Crippen LogP contribution in [0.1, 0.15) is 24.0 Å². The van der Waals surface area contributed by atoms with Crippen LogP contribution in [-0.4, -0.2) is 12.5 Å². The second-order valence-electron chi connectivity index (χ2n) is 4.99. The summed E-state index contributed by atoms with van der Waals surface area (Å²) in [4.78, 5) is 0. The van der Waals surface area contributed by atoms with Crippen molar-refractivity contribution in [1.29, 1.82) is 0 Å². The minimum atomic E-state index is 0.162. The number of hydrogen-bond donors (Lipinski definition) is 0. The van der Waals surface area contributed by atoms with Crippen molar-refractivity contribution in [2.24, 2.45) is 0 Å². The molecule has 1 unspecified atom stereocenters. The molecule has 0 spiro atoms. The zero-order chi connectivity index (χ0) is 14.2. The van der Waals surface area contributed by atoms with Crippen molar-refractivity contribution in [1.82, 2.24) is 0 Å². The average molecular weight is 289 g/mol. The van der Waals surface area contributed by atoms with Crippen LogP contribution < -0.4 is 4.74 Å². The van der Waals surface area contributed by atoms with E-state index in [0.29, 0.717) is 0 Å². The van der Waals surface area contributed by atoms with Crippen molar-refractivity contribution >= 4 is 11.6 Å². The predicted octanol–water partition coefficient (Wildman–Crippen LogP) is 4.87. The van der Waals surface area contributed by atoms with Crippen molar-refractivity contribution < 1.29 is 4.74 Å². The molecular formula is C18H21ClO. The Morgan fingerprint density at radius 2 is 1.70 bits per heavy atom. The highest BCUT2D eigenvalue weighted by Gasteiger charge is 2.09. The summed E-state index contributed by atoms with van der Waals surface area (Å²) in [5.41, 5.74) is 2.57. The van der Waals surface area contributed by atoms with Gasteiger partial charge in [-0.3, -0.25) is 0 Å². The number of rotatable bonds is 7. The lowest BCUT2D eigenvalue weighted by molar-refractivity contribution is 0.409. The first-order valence-corrected chi connectivity index (χ1v) is 7.53. The van der Waals surface area contributed by atoms with Crippen LogP contribution in [0.25, 0.3) is 0 Å². The van der Waals surface area contributed by atoms with E-state index in [0.717, 1.165) is 31.4 Å². The zero-order valence-corrected chi connectivity index (χ0v) is 12.6. The zero-order valence-electron chi connectivity index (χ0n) is 11.9. The van der Waals surface area contributed by atoms with Crippen LogP contribution >= 0.6 is 11.6 Å². The van der Waals surface area contributed by atoms with Gasteiger partial charge in [-0.1, -0.05) is 48.5 Å². The first kappa shape index (κ1) is 14.9. The number of aryl methyl sites for hydroxylation is 1. The number of hydrogen-bond acceptors (Lipinski definition) is 1. The van der Waals surface area contributed by atoms with Gasteiger partial charge in [0, 0.05) is 5.38 Å². The van der Waals surface area contributed by atoms with Gasteiger partial charge in [0.25, 0.3) is 0 Å². The number of halogens is 1. The summed E-state index contributed by atoms with van der Waals surface area (Å²) in [6, 6.07) is 18.7. The fourth-order valence-electron chi connectivity index (χ4n) is 2.38. The van der Waals surface area contributed by atoms with Gasteiger partial charge in [0.1, 0.15) is 5.75 Å². The summed E-state index contributed by atoms with van der Waals surface area (Å²) >= 11 is 6.45. The number of alkyl halides is 1. The van der Waals surface area contributed by atoms with E-state index in [1.54, 1.807) is 7.11 Å². The van der Waals surface area contributed by atoms with E-state index in [4.69, 9.17) is 16.3 Å². The lowest BCUT2D eigenvalue weighted by atomic mass is 10.0. The Morgan fingerprint density at radius 1 is 1.00 bits per heavy atom. The molecule has 2 rings (SSSR count). The summed E-state index contributed by atoms with van der Waals surface area (Å²) in [7, 11) is 1.71. The molecule has 0 N–H and O–H groups in total. The second-order valence-corrected chi connectivity index (χ2v) is 5.61. The molecule has 2 aromatic rings. The Hall–Kier alpha value is -1.47. The fourth-order valence-corrected chi connectivity index (χ4v) is 2.71. The maximum Gasteiger partial charge on any atom is 0.122 e. The van der Waals surface area contributed by atoms with E-state index in [9.17, 15) is 0 Å². The summed E-state index contributed by atoms with van der Waals surface area (Å²) in [6.07, 6.45) is 4.10. The van der Waals surface area contributed by atoms with Gasteiger partial charge in [-0.15, -0.1) is 11.6 Å². The van der Waals surface area contributed by atoms with Gasteiger partial charge in [-0.2, -0.15) is 0 Å². The molecule has 106 valence electrons. The van der Waals surface area contributed by atoms with Crippen molar-refractivity contribution in [3.05, 3.63) is 65.7 Å². The van der Waals surface area contributed by atoms with Gasteiger partial charge in [0.2, 0.25) is 0 Å². The van der Waals surface area contributed by atoms with Crippen LogP contribution in [-0.2, 0) is 12.8 Å². The molecule has 0 saturated carbocycles. The van der Waals surface area contributed by atoms with E-state index in [-0.39, 0.29) is 5.38 Å². The third-order valence-corrected chi connectivity index (χ3v) is 3.83. The first-order chi connectivity index (χ1) is 9.79. The molecule has 0 aliphatic rings. The molecule has 0 aliphatic carbocycles. The van der Waals surface area contributed by atoms with Gasteiger partial charge in [0.15, 0.2) is 0 Å². The molecule has 0 aliphatic heterocycles. The SMILES string of the molecule is COc1ccccc1CC(Cl)CCCc1ccccc1. The van der Waals surface area contributed by atoms with Gasteiger partial charge >= 0.3 is 0 Å². The van der Waals surface area contributed by atoms with Crippen LogP contribution in [0.15, 0.2) is 54.6 Å². The molecule has 1 nitrogen and oxygen atoms in total. The highest BCUT2D eigenvalue weighted by atomic mass is 35.5. The normalized spacial score (nSPS) is 12.1. The number of para-hydroxylation sites is 1. The van der Waals surface area contributed by atoms with Gasteiger partial charge in [0.05, 0.1) is 7.11 Å². The summed E-state index contributed by atoms with van der Waals surface area (Å²) in [6.45, 7) is 0. The molecule has 0 fully saturated rings. The van der Waals surface area contributed by atoms with Crippen LogP contribution in [0.2, 0.25) is 0 Å². The van der Waals surface area contributed by atoms with Crippen molar-refractivity contribution in [3.8, 4) is 5.75 Å². The van der Waals surface area contributed by atoms with Crippen molar-refractivity contribution in [2.75, 3.05) is 7.11 Å². The van der Waals surface area contributed by atoms with Crippen molar-refractivity contribution in [2.45, 2.75) is 31.1 Å². The quantitative estimate of drug-likeness (QED) is 0.661. The summed E-state index contributed by atoms with van der Waals surface area (Å²) < 4.78 is 5.36. The predicted molar refractivity (Wildman–Crippen MR) is 85.7 cm³/mol. The number of methoxy groups -OCH3 is 1. The lowest BCUT2D eigenvalue weighted by Crippen LogP contribution is -2.05. The highest BCUT2D eigenvalue weighted by Crippen LogP contribution is 2.22. The second kappa shape index (κ2) is 7.96. The molecule has 20 heavy (non-hydrogen) atoms. The fraction of sp³-hybridized carbons (Fsp3) is 0.333. The average Bonchev–Trinajstić information content (AvgIpc) is 2.49. The third-order valence-electron chi connectivity index (χ3n) is 3.46. The minimum Gasteiger partial charge on any atom is -0.496 e. The molecule has 1 atom stereocenters. The van der Waals surface area contributed by atoms with E-state index in [2.05, 4.69) is 36.4 Å². The molecule has 0 radical (unpaired) electrons. The van der Waals surface area contributed by atoms with E-state index in [1.165, 1.54) is 11.1 Å². The topological polar surface area (TPSA) is 9.23 Å². The van der Waals surface area contributed by atoms with Crippen LogP contribution in [0.4, 0.5) is 0 Å². The molecule has 0 aromatic heterocycles. The van der Waals surface area contributed by atoms with E-state index in [1.807, 2.05) is 18.2 Å². The highest BCUT2D eigenvalue weighted by molar-refractivity contribution is 6.20. The van der Waals surface area contributed by atoms with Crippen LogP contribution in [0.3, 0.4) is 0 Å². The Labute approximate surface area is 126 Å².